The summed E-state index contributed by atoms with van der Waals surface area (Å²) in [5.74, 6) is 0.0432. The van der Waals surface area contributed by atoms with Crippen LogP contribution in [0, 0.1) is 0 Å². The number of hydrogen-bond acceptors (Lipinski definition) is 18. The fourth-order valence-corrected chi connectivity index (χ4v) is 8.37. The van der Waals surface area contributed by atoms with Crippen molar-refractivity contribution >= 4 is 125 Å². The zero-order chi connectivity index (χ0) is 48.0. The van der Waals surface area contributed by atoms with Gasteiger partial charge in [0.15, 0.2) is 11.6 Å². The number of halogens is 2. The van der Waals surface area contributed by atoms with E-state index in [0.717, 1.165) is 48.9 Å². The number of thiophene rings is 2. The molecular formula is C40H46Cl2N8O12S4. The summed E-state index contributed by atoms with van der Waals surface area (Å²) < 4.78 is 63.8. The van der Waals surface area contributed by atoms with Crippen molar-refractivity contribution in [2.75, 3.05) is 71.6 Å². The monoisotopic (exact) mass is 1030 g/mol. The lowest BCUT2D eigenvalue weighted by atomic mass is 10.1. The zero-order valence-electron chi connectivity index (χ0n) is 35.4. The normalized spacial score (nSPS) is 17.8. The van der Waals surface area contributed by atoms with E-state index < -0.39 is 20.2 Å². The summed E-state index contributed by atoms with van der Waals surface area (Å²) in [6.45, 7) is 3.92. The van der Waals surface area contributed by atoms with Crippen LogP contribution in [0.3, 0.4) is 0 Å². The molecule has 66 heavy (non-hydrogen) atoms. The number of nitrogens with one attached hydrogen (secondary N) is 2. The number of hydrazine groups is 2. The minimum absolute atomic E-state index is 0.0216. The van der Waals surface area contributed by atoms with Gasteiger partial charge in [0, 0.05) is 24.2 Å². The average Bonchev–Trinajstić information content (AvgIpc) is 4.09. The molecule has 356 valence electrons. The van der Waals surface area contributed by atoms with Gasteiger partial charge in [0.1, 0.15) is 24.9 Å². The lowest BCUT2D eigenvalue weighted by molar-refractivity contribution is 0.0939. The molecule has 2 amide bonds. The van der Waals surface area contributed by atoms with E-state index >= 15 is 0 Å². The number of ketones is 2. The third-order valence-corrected chi connectivity index (χ3v) is 11.8. The molecule has 20 nitrogen and oxygen atoms in total. The fourth-order valence-electron chi connectivity index (χ4n) is 6.35. The Kier molecular flexibility index (Phi) is 18.7. The molecule has 0 aliphatic carbocycles. The van der Waals surface area contributed by atoms with Gasteiger partial charge in [0.05, 0.1) is 81.6 Å². The van der Waals surface area contributed by atoms with Gasteiger partial charge in [0.25, 0.3) is 20.2 Å². The van der Waals surface area contributed by atoms with Crippen LogP contribution in [0.25, 0.3) is 0 Å². The summed E-state index contributed by atoms with van der Waals surface area (Å²) in [6.07, 6.45) is 5.04. The van der Waals surface area contributed by atoms with Crippen molar-refractivity contribution in [3.8, 4) is 0 Å². The topological polar surface area (TPSA) is 257 Å². The molecule has 4 aromatic rings. The molecular weight excluding hydrogens is 984 g/mol. The number of amides is 2. The maximum Gasteiger partial charge on any atom is 0.414 e. The molecule has 2 saturated heterocycles. The minimum atomic E-state index is -3.67. The van der Waals surface area contributed by atoms with E-state index in [9.17, 15) is 36.0 Å². The van der Waals surface area contributed by atoms with Crippen LogP contribution in [-0.4, -0.2) is 126 Å². The highest BCUT2D eigenvalue weighted by molar-refractivity contribution is 7.85. The second-order valence-corrected chi connectivity index (χ2v) is 20.9. The number of ether oxygens (including phenoxy) is 2. The fraction of sp³-hybridized carbons (Fsp3) is 0.350. The molecule has 26 heteroatoms. The van der Waals surface area contributed by atoms with E-state index in [2.05, 4.69) is 20.8 Å². The predicted molar refractivity (Wildman–Crippen MR) is 257 cm³/mol. The van der Waals surface area contributed by atoms with Crippen LogP contribution in [0.4, 0.5) is 32.3 Å². The van der Waals surface area contributed by atoms with Crippen LogP contribution in [0.15, 0.2) is 82.8 Å². The number of nitrogens with zero attached hydrogens (tertiary/aromatic N) is 6. The van der Waals surface area contributed by atoms with Crippen molar-refractivity contribution in [2.24, 2.45) is 9.98 Å². The first-order valence-corrected chi connectivity index (χ1v) is 25.9. The summed E-state index contributed by atoms with van der Waals surface area (Å²) in [6, 6.07) is 22.3. The molecule has 8 rings (SSSR count). The second kappa shape index (κ2) is 23.9. The van der Waals surface area contributed by atoms with Crippen LogP contribution in [0.1, 0.15) is 45.0 Å². The smallest absolute Gasteiger partial charge is 0.414 e. The molecule has 4 aliphatic rings. The highest BCUT2D eigenvalue weighted by Crippen LogP contribution is 2.30. The van der Waals surface area contributed by atoms with E-state index in [1.54, 1.807) is 46.7 Å². The average molecular weight is 1030 g/mol. The number of carbonyl (C=O) groups excluding carboxylic acids is 4. The van der Waals surface area contributed by atoms with Gasteiger partial charge >= 0.3 is 12.2 Å². The number of carbonyl (C=O) groups is 4. The maximum atomic E-state index is 12.3. The van der Waals surface area contributed by atoms with Crippen LogP contribution in [0.2, 0.25) is 8.67 Å². The number of aliphatic imine (C=N–C) groups is 2. The summed E-state index contributed by atoms with van der Waals surface area (Å²) in [7, 11) is -7.33. The minimum Gasteiger partial charge on any atom is -0.444 e. The zero-order valence-corrected chi connectivity index (χ0v) is 40.1. The van der Waals surface area contributed by atoms with E-state index in [-0.39, 0.29) is 36.0 Å². The highest BCUT2D eigenvalue weighted by atomic mass is 35.5. The number of cyclic esters (lactones) is 2. The molecule has 4 aliphatic heterocycles. The molecule has 2 aromatic heterocycles. The third-order valence-electron chi connectivity index (χ3n) is 9.29. The summed E-state index contributed by atoms with van der Waals surface area (Å²) in [5, 5.41) is 3.98. The Labute approximate surface area is 399 Å². The number of benzene rings is 2. The Morgan fingerprint density at radius 1 is 0.636 bits per heavy atom. The Bertz CT molecular complexity index is 2400. The largest absolute Gasteiger partial charge is 0.444 e. The molecule has 0 bridgehead atoms. The van der Waals surface area contributed by atoms with Gasteiger partial charge in [-0.05, 0) is 85.6 Å². The molecule has 0 unspecified atom stereocenters. The first-order chi connectivity index (χ1) is 31.2. The molecule has 2 atom stereocenters. The molecule has 0 spiro atoms. The van der Waals surface area contributed by atoms with Gasteiger partial charge in [-0.3, -0.25) is 59.3 Å². The number of anilines is 4. The maximum absolute atomic E-state index is 12.3. The van der Waals surface area contributed by atoms with Gasteiger partial charge in [-0.25, -0.2) is 9.59 Å². The Hall–Kier alpha value is -5.34. The van der Waals surface area contributed by atoms with Gasteiger partial charge < -0.3 is 9.47 Å². The van der Waals surface area contributed by atoms with Gasteiger partial charge in [0.2, 0.25) is 0 Å². The molecule has 2 fully saturated rings. The Balaban J connectivity index is 0.000000206. The molecule has 2 aromatic carbocycles. The van der Waals surface area contributed by atoms with E-state index in [1.165, 1.54) is 22.7 Å². The Morgan fingerprint density at radius 3 is 1.26 bits per heavy atom. The highest BCUT2D eigenvalue weighted by Gasteiger charge is 2.34. The first-order valence-electron chi connectivity index (χ1n) is 19.8. The van der Waals surface area contributed by atoms with Gasteiger partial charge in [-0.15, -0.1) is 22.7 Å². The van der Waals surface area contributed by atoms with Crippen LogP contribution >= 0.6 is 45.9 Å². The van der Waals surface area contributed by atoms with E-state index in [4.69, 9.17) is 41.8 Å². The third kappa shape index (κ3) is 17.1. The van der Waals surface area contributed by atoms with Crippen LogP contribution in [0.5, 0.6) is 0 Å². The first kappa shape index (κ1) is 51.6. The summed E-state index contributed by atoms with van der Waals surface area (Å²) in [5.41, 5.74) is 9.71. The quantitative estimate of drug-likeness (QED) is 0.0873. The predicted octanol–water partition coefficient (Wildman–Crippen LogP) is 6.49. The number of rotatable bonds is 12. The molecule has 0 saturated carbocycles. The van der Waals surface area contributed by atoms with Crippen molar-refractivity contribution in [2.45, 2.75) is 37.9 Å². The lowest BCUT2D eigenvalue weighted by Gasteiger charge is -2.26. The standard InChI is InChI=1S/2C19H19ClN4O3S.2CH4O3S/c2*20-18-8-7-17(28-18)16(25)6-5-15-11-23(19(26)27-15)13-1-3-14(4-2-13)24-10-9-21-12-22-24;2*1-5(2,3)4/h2*1-4,7-8,12,15H,5-6,9-11H2,(H,21,22);2*1H3,(H,2,3,4)/t2*15-;;/m00../s1. The molecule has 6 heterocycles. The summed E-state index contributed by atoms with van der Waals surface area (Å²) >= 11 is 14.3. The van der Waals surface area contributed by atoms with E-state index in [0.29, 0.717) is 69.7 Å². The van der Waals surface area contributed by atoms with Crippen molar-refractivity contribution in [1.29, 1.82) is 0 Å². The molecule has 4 N–H and O–H groups in total. The lowest BCUT2D eigenvalue weighted by Crippen LogP contribution is -2.42. The van der Waals surface area contributed by atoms with Crippen molar-refractivity contribution in [1.82, 2.24) is 10.9 Å². The van der Waals surface area contributed by atoms with Crippen molar-refractivity contribution in [3.05, 3.63) is 91.2 Å². The van der Waals surface area contributed by atoms with Gasteiger partial charge in [-0.1, -0.05) is 23.2 Å². The van der Waals surface area contributed by atoms with E-state index in [1.807, 2.05) is 58.5 Å². The van der Waals surface area contributed by atoms with Crippen molar-refractivity contribution in [3.63, 3.8) is 0 Å². The SMILES string of the molecule is CS(=O)(=O)O.CS(=O)(=O)O.O=C(CC[C@H]1CN(c2ccc(N3CCN=CN3)cc2)C(=O)O1)c1ccc(Cl)s1.O=C(CC[C@H]1CN(c2ccc(N3CCN=CN3)cc2)C(=O)O1)c1ccc(Cl)s1. The Morgan fingerprint density at radius 2 is 0.970 bits per heavy atom. The van der Waals surface area contributed by atoms with Gasteiger partial charge in [-0.2, -0.15) is 16.8 Å². The summed E-state index contributed by atoms with van der Waals surface area (Å²) in [4.78, 5) is 61.7. The van der Waals surface area contributed by atoms with Crippen molar-refractivity contribution < 1.29 is 54.6 Å². The van der Waals surface area contributed by atoms with Crippen LogP contribution in [-0.2, 0) is 29.7 Å². The van der Waals surface area contributed by atoms with Crippen LogP contribution < -0.4 is 30.7 Å². The molecule has 0 radical (unpaired) electrons. The number of hydrogen-bond donors (Lipinski definition) is 4. The number of Topliss-reactive ketones (excluding diaryl/α,β-unsaturated/α-hetero) is 2. The second-order valence-electron chi connectivity index (χ2n) is 14.5.